The van der Waals surface area contributed by atoms with Gasteiger partial charge in [-0.25, -0.2) is 4.98 Å². The van der Waals surface area contributed by atoms with Gasteiger partial charge in [0.2, 0.25) is 0 Å². The Kier molecular flexibility index (Phi) is 5.72. The van der Waals surface area contributed by atoms with Crippen LogP contribution in [-0.4, -0.2) is 25.1 Å². The highest BCUT2D eigenvalue weighted by Crippen LogP contribution is 2.21. The Bertz CT molecular complexity index is 353. The fourth-order valence-electron chi connectivity index (χ4n) is 1.79. The van der Waals surface area contributed by atoms with Crippen LogP contribution < -0.4 is 10.2 Å². The minimum atomic E-state index is 0.625. The van der Waals surface area contributed by atoms with Gasteiger partial charge < -0.3 is 10.2 Å². The van der Waals surface area contributed by atoms with E-state index in [9.17, 15) is 0 Å². The molecule has 0 unspecified atom stereocenters. The minimum Gasteiger partial charge on any atom is -0.357 e. The van der Waals surface area contributed by atoms with Crippen molar-refractivity contribution in [1.29, 1.82) is 0 Å². The highest BCUT2D eigenvalue weighted by Gasteiger charge is 2.10. The zero-order valence-electron chi connectivity index (χ0n) is 11.1. The quantitative estimate of drug-likeness (QED) is 0.847. The highest BCUT2D eigenvalue weighted by atomic mass is 35.5. The molecule has 0 saturated carbocycles. The van der Waals surface area contributed by atoms with E-state index in [1.807, 2.05) is 7.05 Å². The molecule has 0 aliphatic heterocycles. The second kappa shape index (κ2) is 6.82. The molecule has 3 nitrogen and oxygen atoms in total. The highest BCUT2D eigenvalue weighted by molar-refractivity contribution is 6.31. The second-order valence-electron chi connectivity index (χ2n) is 4.60. The van der Waals surface area contributed by atoms with Gasteiger partial charge in [-0.15, -0.1) is 0 Å². The third-order valence-corrected chi connectivity index (χ3v) is 2.92. The number of nitrogens with one attached hydrogen (secondary N) is 1. The Labute approximate surface area is 109 Å². The molecule has 1 heterocycles. The Morgan fingerprint density at radius 2 is 2.18 bits per heavy atom. The normalized spacial score (nSPS) is 10.9. The lowest BCUT2D eigenvalue weighted by molar-refractivity contribution is 0.614. The van der Waals surface area contributed by atoms with Crippen molar-refractivity contribution in [3.8, 4) is 0 Å². The van der Waals surface area contributed by atoms with Crippen LogP contribution in [0.4, 0.5) is 5.82 Å². The predicted molar refractivity (Wildman–Crippen MR) is 74.7 cm³/mol. The van der Waals surface area contributed by atoms with E-state index in [0.717, 1.165) is 36.0 Å². The third kappa shape index (κ3) is 4.17. The summed E-state index contributed by atoms with van der Waals surface area (Å²) in [6.07, 6.45) is 1.74. The summed E-state index contributed by atoms with van der Waals surface area (Å²) in [6, 6.07) is 2.07. The molecule has 0 radical (unpaired) electrons. The lowest BCUT2D eigenvalue weighted by Crippen LogP contribution is -2.28. The zero-order chi connectivity index (χ0) is 12.8. The smallest absolute Gasteiger partial charge is 0.128 e. The summed E-state index contributed by atoms with van der Waals surface area (Å²) >= 11 is 6.11. The first kappa shape index (κ1) is 14.3. The van der Waals surface area contributed by atoms with Crippen molar-refractivity contribution in [3.05, 3.63) is 22.8 Å². The number of hydrogen-bond acceptors (Lipinski definition) is 3. The molecule has 96 valence electrons. The van der Waals surface area contributed by atoms with Crippen LogP contribution in [-0.2, 0) is 6.54 Å². The van der Waals surface area contributed by atoms with Gasteiger partial charge in [-0.1, -0.05) is 25.4 Å². The van der Waals surface area contributed by atoms with Crippen LogP contribution >= 0.6 is 11.6 Å². The van der Waals surface area contributed by atoms with E-state index >= 15 is 0 Å². The van der Waals surface area contributed by atoms with E-state index in [1.165, 1.54) is 0 Å². The van der Waals surface area contributed by atoms with Crippen molar-refractivity contribution in [2.45, 2.75) is 27.3 Å². The van der Waals surface area contributed by atoms with Crippen molar-refractivity contribution < 1.29 is 0 Å². The van der Waals surface area contributed by atoms with Gasteiger partial charge in [-0.3, -0.25) is 0 Å². The lowest BCUT2D eigenvalue weighted by atomic mass is 10.2. The number of halogens is 1. The number of pyridine rings is 1. The van der Waals surface area contributed by atoms with Crippen LogP contribution in [0.5, 0.6) is 0 Å². The molecular formula is C13H22ClN3. The average molecular weight is 256 g/mol. The molecule has 0 spiro atoms. The first-order valence-corrected chi connectivity index (χ1v) is 6.50. The molecule has 0 bridgehead atoms. The zero-order valence-corrected chi connectivity index (χ0v) is 11.9. The number of rotatable bonds is 6. The number of nitrogens with zero attached hydrogens (tertiary/aromatic N) is 2. The first-order chi connectivity index (χ1) is 8.08. The monoisotopic (exact) mass is 255 g/mol. The summed E-state index contributed by atoms with van der Waals surface area (Å²) in [4.78, 5) is 6.69. The Morgan fingerprint density at radius 3 is 2.71 bits per heavy atom. The standard InChI is InChI=1S/C13H22ClN3/c1-5-17(9-10(2)3)13-6-11(7-15-4)12(14)8-16-13/h6,8,10,15H,5,7,9H2,1-4H3. The van der Waals surface area contributed by atoms with Crippen molar-refractivity contribution >= 4 is 17.4 Å². The van der Waals surface area contributed by atoms with Gasteiger partial charge in [0.25, 0.3) is 0 Å². The van der Waals surface area contributed by atoms with Gasteiger partial charge >= 0.3 is 0 Å². The summed E-state index contributed by atoms with van der Waals surface area (Å²) in [5.41, 5.74) is 1.10. The Hall–Kier alpha value is -0.800. The number of anilines is 1. The Balaban J connectivity index is 2.91. The van der Waals surface area contributed by atoms with E-state index in [2.05, 4.69) is 42.0 Å². The molecule has 0 aromatic carbocycles. The number of hydrogen-bond donors (Lipinski definition) is 1. The average Bonchev–Trinajstić information content (AvgIpc) is 2.29. The molecule has 1 aromatic heterocycles. The van der Waals surface area contributed by atoms with Gasteiger partial charge in [0.1, 0.15) is 5.82 Å². The van der Waals surface area contributed by atoms with Gasteiger partial charge in [-0.2, -0.15) is 0 Å². The van der Waals surface area contributed by atoms with E-state index in [0.29, 0.717) is 5.92 Å². The van der Waals surface area contributed by atoms with Crippen LogP contribution in [0, 0.1) is 5.92 Å². The molecule has 0 fully saturated rings. The van der Waals surface area contributed by atoms with Crippen LogP contribution in [0.2, 0.25) is 5.02 Å². The van der Waals surface area contributed by atoms with Crippen LogP contribution in [0.15, 0.2) is 12.3 Å². The number of aromatic nitrogens is 1. The van der Waals surface area contributed by atoms with Gasteiger partial charge in [0.15, 0.2) is 0 Å². The predicted octanol–water partition coefficient (Wildman–Crippen LogP) is 2.94. The van der Waals surface area contributed by atoms with Crippen molar-refractivity contribution in [1.82, 2.24) is 10.3 Å². The van der Waals surface area contributed by atoms with Gasteiger partial charge in [0, 0.05) is 25.8 Å². The van der Waals surface area contributed by atoms with E-state index in [4.69, 9.17) is 11.6 Å². The summed E-state index contributed by atoms with van der Waals surface area (Å²) in [5.74, 6) is 1.64. The largest absolute Gasteiger partial charge is 0.357 e. The maximum atomic E-state index is 6.11. The van der Waals surface area contributed by atoms with E-state index < -0.39 is 0 Å². The summed E-state index contributed by atoms with van der Waals surface area (Å²) in [6.45, 7) is 9.33. The third-order valence-electron chi connectivity index (χ3n) is 2.58. The molecule has 0 saturated heterocycles. The molecule has 0 aliphatic carbocycles. The summed E-state index contributed by atoms with van der Waals surface area (Å²) in [5, 5.41) is 3.84. The van der Waals surface area contributed by atoms with E-state index in [-0.39, 0.29) is 0 Å². The Morgan fingerprint density at radius 1 is 1.47 bits per heavy atom. The molecule has 1 rings (SSSR count). The molecule has 1 aromatic rings. The minimum absolute atomic E-state index is 0.625. The van der Waals surface area contributed by atoms with Gasteiger partial charge in [-0.05, 0) is 31.5 Å². The van der Waals surface area contributed by atoms with Crippen molar-refractivity contribution in [2.75, 3.05) is 25.0 Å². The van der Waals surface area contributed by atoms with Crippen molar-refractivity contribution in [2.24, 2.45) is 5.92 Å². The molecular weight excluding hydrogens is 234 g/mol. The van der Waals surface area contributed by atoms with Crippen LogP contribution in [0.3, 0.4) is 0 Å². The molecule has 0 aliphatic rings. The maximum Gasteiger partial charge on any atom is 0.128 e. The summed E-state index contributed by atoms with van der Waals surface area (Å²) in [7, 11) is 1.92. The van der Waals surface area contributed by atoms with Crippen LogP contribution in [0.25, 0.3) is 0 Å². The summed E-state index contributed by atoms with van der Waals surface area (Å²) < 4.78 is 0. The maximum absolute atomic E-state index is 6.11. The molecule has 4 heteroatoms. The van der Waals surface area contributed by atoms with Crippen LogP contribution in [0.1, 0.15) is 26.3 Å². The first-order valence-electron chi connectivity index (χ1n) is 6.12. The molecule has 1 N–H and O–H groups in total. The molecule has 17 heavy (non-hydrogen) atoms. The second-order valence-corrected chi connectivity index (χ2v) is 5.00. The topological polar surface area (TPSA) is 28.2 Å². The fourth-order valence-corrected chi connectivity index (χ4v) is 1.96. The van der Waals surface area contributed by atoms with Crippen molar-refractivity contribution in [3.63, 3.8) is 0 Å². The molecule has 0 amide bonds. The fraction of sp³-hybridized carbons (Fsp3) is 0.615. The lowest BCUT2D eigenvalue weighted by Gasteiger charge is -2.24. The molecule has 0 atom stereocenters. The van der Waals surface area contributed by atoms with E-state index in [1.54, 1.807) is 6.20 Å². The SMILES string of the molecule is CCN(CC(C)C)c1cc(CNC)c(Cl)cn1. The van der Waals surface area contributed by atoms with Gasteiger partial charge in [0.05, 0.1) is 5.02 Å².